The van der Waals surface area contributed by atoms with E-state index in [4.69, 9.17) is 22.9 Å². The molecule has 0 unspecified atom stereocenters. The van der Waals surface area contributed by atoms with Gasteiger partial charge in [0, 0.05) is 21.3 Å². The lowest BCUT2D eigenvalue weighted by atomic mass is 10.9. The second kappa shape index (κ2) is 2.39. The van der Waals surface area contributed by atoms with Gasteiger partial charge < -0.3 is 22.9 Å². The minimum Gasteiger partial charge on any atom is -0.405 e. The molecule has 0 spiro atoms. The van der Waals surface area contributed by atoms with Gasteiger partial charge in [-0.2, -0.15) is 0 Å². The van der Waals surface area contributed by atoms with E-state index in [9.17, 15) is 0 Å². The van der Waals surface area contributed by atoms with Gasteiger partial charge in [0.15, 0.2) is 19.0 Å². The van der Waals surface area contributed by atoms with Gasteiger partial charge in [-0.15, -0.1) is 0 Å². The van der Waals surface area contributed by atoms with Crippen molar-refractivity contribution in [2.45, 2.75) is 0 Å². The molecule has 0 aromatic heterocycles. The van der Waals surface area contributed by atoms with Gasteiger partial charge in [0.1, 0.15) is 0 Å². The zero-order chi connectivity index (χ0) is 7.72. The van der Waals surface area contributed by atoms with Gasteiger partial charge in [0.2, 0.25) is 0 Å². The van der Waals surface area contributed by atoms with Crippen molar-refractivity contribution >= 4 is 19.0 Å². The molecule has 0 saturated heterocycles. The first kappa shape index (κ1) is 7.22. The van der Waals surface area contributed by atoms with Crippen LogP contribution in [0.15, 0.2) is 21.3 Å². The first-order valence-electron chi connectivity index (χ1n) is 2.65. The molecule has 6 heteroatoms. The monoisotopic (exact) mass is 168 g/mol. The van der Waals surface area contributed by atoms with Crippen LogP contribution >= 0.6 is 0 Å². The van der Waals surface area contributed by atoms with Crippen molar-refractivity contribution < 1.29 is 0 Å². The number of hydrogen-bond donors (Lipinski definition) is 4. The third-order valence-corrected chi connectivity index (χ3v) is 3.77. The van der Waals surface area contributed by atoms with Crippen LogP contribution in [0.25, 0.3) is 0 Å². The number of hydrogen-bond acceptors (Lipinski definition) is 4. The van der Waals surface area contributed by atoms with E-state index in [0.29, 0.717) is 21.3 Å². The van der Waals surface area contributed by atoms with Crippen molar-refractivity contribution in [1.82, 2.24) is 0 Å². The van der Waals surface area contributed by atoms with E-state index in [2.05, 4.69) is 0 Å². The van der Waals surface area contributed by atoms with E-state index in [0.717, 1.165) is 0 Å². The van der Waals surface area contributed by atoms with E-state index in [-0.39, 0.29) is 19.0 Å². The minimum atomic E-state index is 0.282. The normalized spacial score (nSPS) is 20.0. The van der Waals surface area contributed by atoms with Crippen LogP contribution in [-0.2, 0) is 0 Å². The Morgan fingerprint density at radius 1 is 0.600 bits per heavy atom. The Hall–Kier alpha value is -0.886. The highest BCUT2D eigenvalue weighted by molar-refractivity contribution is 6.66. The molecule has 52 valence electrons. The molecule has 1 rings (SSSR count). The minimum absolute atomic E-state index is 0.282. The highest BCUT2D eigenvalue weighted by Crippen LogP contribution is 2.03. The topological polar surface area (TPSA) is 104 Å². The zero-order valence-electron chi connectivity index (χ0n) is 5.31. The van der Waals surface area contributed by atoms with Crippen LogP contribution in [0, 0.1) is 0 Å². The molecule has 1 aliphatic heterocycles. The maximum absolute atomic E-state index is 5.54. The maximum Gasteiger partial charge on any atom is 0.169 e. The molecule has 0 saturated carbocycles. The molecule has 1 heterocycles. The highest BCUT2D eigenvalue weighted by atomic mass is 28.2. The molecule has 4 radical (unpaired) electrons. The van der Waals surface area contributed by atoms with Crippen LogP contribution in [0.5, 0.6) is 0 Å². The molecule has 10 heavy (non-hydrogen) atoms. The molecule has 0 aliphatic carbocycles. The number of rotatable bonds is 0. The Balaban J connectivity index is 2.81. The molecule has 8 N–H and O–H groups in total. The lowest BCUT2D eigenvalue weighted by molar-refractivity contribution is 1.31. The van der Waals surface area contributed by atoms with E-state index < -0.39 is 0 Å². The summed E-state index contributed by atoms with van der Waals surface area (Å²) < 4.78 is 0. The molecular weight excluding hydrogens is 160 g/mol. The smallest absolute Gasteiger partial charge is 0.169 e. The first-order chi connectivity index (χ1) is 4.61. The fourth-order valence-electron chi connectivity index (χ4n) is 0.560. The predicted molar refractivity (Wildman–Crippen MR) is 42.3 cm³/mol. The molecule has 0 fully saturated rings. The number of nitrogens with two attached hydrogens (primary N) is 4. The van der Waals surface area contributed by atoms with Crippen molar-refractivity contribution in [2.75, 3.05) is 0 Å². The Morgan fingerprint density at radius 3 is 1.00 bits per heavy atom. The van der Waals surface area contributed by atoms with E-state index in [1.54, 1.807) is 0 Å². The second-order valence-electron chi connectivity index (χ2n) is 1.90. The molecule has 0 amide bonds. The van der Waals surface area contributed by atoms with Crippen LogP contribution in [0.3, 0.4) is 0 Å². The van der Waals surface area contributed by atoms with Crippen molar-refractivity contribution in [2.24, 2.45) is 22.9 Å². The largest absolute Gasteiger partial charge is 0.405 e. The van der Waals surface area contributed by atoms with Crippen LogP contribution < -0.4 is 22.9 Å². The van der Waals surface area contributed by atoms with E-state index >= 15 is 0 Å². The van der Waals surface area contributed by atoms with Crippen LogP contribution in [0.2, 0.25) is 0 Å². The summed E-state index contributed by atoms with van der Waals surface area (Å²) in [5, 5.41) is 2.74. The molecular formula is C4H8N4Si2. The van der Waals surface area contributed by atoms with Gasteiger partial charge >= 0.3 is 0 Å². The summed E-state index contributed by atoms with van der Waals surface area (Å²) in [5.41, 5.74) is 22.1. The summed E-state index contributed by atoms with van der Waals surface area (Å²) in [6, 6.07) is 0. The van der Waals surface area contributed by atoms with Gasteiger partial charge in [-0.05, 0) is 0 Å². The van der Waals surface area contributed by atoms with Gasteiger partial charge in [-0.1, -0.05) is 0 Å². The SMILES string of the molecule is NC1=C(N)[Si]C(N)=C(N)[Si]1. The van der Waals surface area contributed by atoms with Gasteiger partial charge in [0.05, 0.1) is 0 Å². The molecule has 4 nitrogen and oxygen atoms in total. The summed E-state index contributed by atoms with van der Waals surface area (Å²) in [7, 11) is 0.563. The highest BCUT2D eigenvalue weighted by Gasteiger charge is 2.14. The summed E-state index contributed by atoms with van der Waals surface area (Å²) in [5.74, 6) is 0. The Morgan fingerprint density at radius 2 is 0.800 bits per heavy atom. The molecule has 0 aromatic rings. The van der Waals surface area contributed by atoms with E-state index in [1.807, 2.05) is 0 Å². The third-order valence-electron chi connectivity index (χ3n) is 1.12. The lowest BCUT2D eigenvalue weighted by Crippen LogP contribution is -2.33. The molecule has 0 atom stereocenters. The van der Waals surface area contributed by atoms with Crippen molar-refractivity contribution in [3.63, 3.8) is 0 Å². The van der Waals surface area contributed by atoms with Crippen molar-refractivity contribution in [1.29, 1.82) is 0 Å². The quantitative estimate of drug-likeness (QED) is 0.300. The summed E-state index contributed by atoms with van der Waals surface area (Å²) in [4.78, 5) is 0. The standard InChI is InChI=1S/C4H8N4Si2/c5-1-2(6)10-4(8)3(7)9-1/h5-8H2. The van der Waals surface area contributed by atoms with Crippen LogP contribution in [0.1, 0.15) is 0 Å². The van der Waals surface area contributed by atoms with Crippen LogP contribution in [-0.4, -0.2) is 19.0 Å². The Labute approximate surface area is 64.0 Å². The fraction of sp³-hybridized carbons (Fsp3) is 0. The predicted octanol–water partition coefficient (Wildman–Crippen LogP) is -2.50. The fourth-order valence-corrected chi connectivity index (χ4v) is 2.43. The van der Waals surface area contributed by atoms with Crippen molar-refractivity contribution in [3.8, 4) is 0 Å². The third kappa shape index (κ3) is 1.16. The first-order valence-corrected chi connectivity index (χ1v) is 4.65. The second-order valence-corrected chi connectivity index (χ2v) is 4.56. The molecule has 1 aliphatic rings. The Kier molecular flexibility index (Phi) is 1.72. The molecule has 0 aromatic carbocycles. The summed E-state index contributed by atoms with van der Waals surface area (Å²) in [6.07, 6.45) is 0. The van der Waals surface area contributed by atoms with Gasteiger partial charge in [0.25, 0.3) is 0 Å². The summed E-state index contributed by atoms with van der Waals surface area (Å²) in [6.45, 7) is 0. The Bertz CT molecular complexity index is 175. The average molecular weight is 168 g/mol. The maximum atomic E-state index is 5.54. The van der Waals surface area contributed by atoms with Crippen molar-refractivity contribution in [3.05, 3.63) is 21.3 Å². The molecule has 0 bridgehead atoms. The van der Waals surface area contributed by atoms with Gasteiger partial charge in [-0.25, -0.2) is 0 Å². The summed E-state index contributed by atoms with van der Waals surface area (Å²) >= 11 is 0. The van der Waals surface area contributed by atoms with E-state index in [1.165, 1.54) is 0 Å². The zero-order valence-corrected chi connectivity index (χ0v) is 7.31. The van der Waals surface area contributed by atoms with Gasteiger partial charge in [-0.3, -0.25) is 0 Å². The van der Waals surface area contributed by atoms with Crippen LogP contribution in [0.4, 0.5) is 0 Å². The average Bonchev–Trinajstić information content (AvgIpc) is 1.84. The lowest BCUT2D eigenvalue weighted by Gasteiger charge is -2.14.